The first-order valence-corrected chi connectivity index (χ1v) is 9.51. The normalized spacial score (nSPS) is 13.3. The van der Waals surface area contributed by atoms with Crippen molar-refractivity contribution in [3.05, 3.63) is 70.4 Å². The zero-order valence-corrected chi connectivity index (χ0v) is 16.5. The molecule has 7 nitrogen and oxygen atoms in total. The van der Waals surface area contributed by atoms with E-state index in [4.69, 9.17) is 16.7 Å². The third-order valence-electron chi connectivity index (χ3n) is 4.94. The molecule has 0 aliphatic carbocycles. The van der Waals surface area contributed by atoms with Crippen molar-refractivity contribution >= 4 is 29.2 Å². The first-order valence-electron chi connectivity index (χ1n) is 9.13. The summed E-state index contributed by atoms with van der Waals surface area (Å²) in [5.74, 6) is -1.11. The minimum Gasteiger partial charge on any atom is -0.478 e. The van der Waals surface area contributed by atoms with Gasteiger partial charge in [0.2, 0.25) is 0 Å². The summed E-state index contributed by atoms with van der Waals surface area (Å²) < 4.78 is 1.72. The van der Waals surface area contributed by atoms with Crippen molar-refractivity contribution in [2.75, 3.05) is 18.9 Å². The monoisotopic (exact) mass is 410 g/mol. The maximum Gasteiger partial charge on any atom is 0.335 e. The van der Waals surface area contributed by atoms with Gasteiger partial charge in [0.25, 0.3) is 5.91 Å². The Hall–Kier alpha value is -3.32. The minimum absolute atomic E-state index is 0.129. The number of hydrogen-bond acceptors (Lipinski definition) is 4. The predicted octanol–water partition coefficient (Wildman–Crippen LogP) is 3.60. The van der Waals surface area contributed by atoms with Crippen LogP contribution < -0.4 is 5.32 Å². The number of hydrogen-bond donors (Lipinski definition) is 2. The third-order valence-corrected chi connectivity index (χ3v) is 5.18. The minimum atomic E-state index is -0.983. The topological polar surface area (TPSA) is 87.5 Å². The van der Waals surface area contributed by atoms with Crippen LogP contribution in [0.3, 0.4) is 0 Å². The Balaban J connectivity index is 1.60. The zero-order chi connectivity index (χ0) is 20.5. The average molecular weight is 411 g/mol. The molecule has 2 heterocycles. The van der Waals surface area contributed by atoms with Crippen LogP contribution in [0.2, 0.25) is 5.02 Å². The molecule has 2 N–H and O–H groups in total. The lowest BCUT2D eigenvalue weighted by molar-refractivity contribution is 0.0683. The van der Waals surface area contributed by atoms with Crippen molar-refractivity contribution in [1.82, 2.24) is 14.7 Å². The highest BCUT2D eigenvalue weighted by Crippen LogP contribution is 2.31. The number of rotatable bonds is 5. The van der Waals surface area contributed by atoms with E-state index in [1.54, 1.807) is 33.8 Å². The maximum atomic E-state index is 13.0. The van der Waals surface area contributed by atoms with Crippen LogP contribution in [0.1, 0.15) is 26.4 Å². The van der Waals surface area contributed by atoms with Crippen molar-refractivity contribution in [2.24, 2.45) is 0 Å². The van der Waals surface area contributed by atoms with Crippen molar-refractivity contribution in [3.8, 4) is 11.3 Å². The van der Waals surface area contributed by atoms with Crippen molar-refractivity contribution in [3.63, 3.8) is 0 Å². The van der Waals surface area contributed by atoms with Gasteiger partial charge < -0.3 is 15.3 Å². The molecule has 29 heavy (non-hydrogen) atoms. The summed E-state index contributed by atoms with van der Waals surface area (Å²) in [6.45, 7) is 1.43. The Morgan fingerprint density at radius 3 is 2.79 bits per heavy atom. The van der Waals surface area contributed by atoms with Gasteiger partial charge in [0.15, 0.2) is 0 Å². The fourth-order valence-electron chi connectivity index (χ4n) is 3.49. The second kappa shape index (κ2) is 7.60. The van der Waals surface area contributed by atoms with Gasteiger partial charge in [-0.2, -0.15) is 5.10 Å². The van der Waals surface area contributed by atoms with E-state index in [1.807, 2.05) is 25.2 Å². The first kappa shape index (κ1) is 19.0. The van der Waals surface area contributed by atoms with E-state index in [0.717, 1.165) is 16.8 Å². The number of nitrogens with one attached hydrogen (secondary N) is 1. The van der Waals surface area contributed by atoms with E-state index < -0.39 is 5.97 Å². The van der Waals surface area contributed by atoms with Crippen LogP contribution in [-0.4, -0.2) is 45.3 Å². The molecule has 0 unspecified atom stereocenters. The van der Waals surface area contributed by atoms with E-state index in [2.05, 4.69) is 10.4 Å². The molecule has 4 rings (SSSR count). The molecule has 0 saturated heterocycles. The highest BCUT2D eigenvalue weighted by molar-refractivity contribution is 6.31. The number of carbonyl (C=O) groups is 2. The van der Waals surface area contributed by atoms with Gasteiger partial charge in [0.05, 0.1) is 17.8 Å². The SMILES string of the molecule is CNc1cc(Cl)ccc1-c1cc2n(n1)CCN(Cc1cccc(C(=O)O)c1)C2=O. The van der Waals surface area contributed by atoms with E-state index in [-0.39, 0.29) is 11.5 Å². The van der Waals surface area contributed by atoms with E-state index in [9.17, 15) is 9.59 Å². The van der Waals surface area contributed by atoms with Crippen LogP contribution in [0, 0.1) is 0 Å². The molecule has 1 aromatic heterocycles. The van der Waals surface area contributed by atoms with Crippen LogP contribution in [-0.2, 0) is 13.1 Å². The Bertz CT molecular complexity index is 1110. The smallest absolute Gasteiger partial charge is 0.335 e. The Morgan fingerprint density at radius 1 is 1.21 bits per heavy atom. The number of nitrogens with zero attached hydrogens (tertiary/aromatic N) is 3. The van der Waals surface area contributed by atoms with E-state index in [0.29, 0.717) is 36.0 Å². The molecule has 0 spiro atoms. The van der Waals surface area contributed by atoms with Gasteiger partial charge in [-0.15, -0.1) is 0 Å². The van der Waals surface area contributed by atoms with Crippen molar-refractivity contribution < 1.29 is 14.7 Å². The molecule has 1 amide bonds. The Morgan fingerprint density at radius 2 is 2.03 bits per heavy atom. The van der Waals surface area contributed by atoms with Gasteiger partial charge >= 0.3 is 5.97 Å². The molecule has 0 bridgehead atoms. The molecule has 1 aliphatic heterocycles. The molecule has 0 radical (unpaired) electrons. The molecule has 148 valence electrons. The number of benzene rings is 2. The molecular formula is C21H19ClN4O3. The number of fused-ring (bicyclic) bond motifs is 1. The standard InChI is InChI=1S/C21H19ClN4O3/c1-23-17-10-15(22)5-6-16(17)18-11-19-20(27)25(7-8-26(19)24-18)12-13-3-2-4-14(9-13)21(28)29/h2-6,9-11,23H,7-8,12H2,1H3,(H,28,29). The number of halogens is 1. The molecule has 0 fully saturated rings. The fraction of sp³-hybridized carbons (Fsp3) is 0.190. The molecule has 0 saturated carbocycles. The molecule has 8 heteroatoms. The Kier molecular flexibility index (Phi) is 4.98. The predicted molar refractivity (Wildman–Crippen MR) is 110 cm³/mol. The number of aromatic carboxylic acids is 1. The Labute approximate surface area is 172 Å². The largest absolute Gasteiger partial charge is 0.478 e. The highest BCUT2D eigenvalue weighted by atomic mass is 35.5. The lowest BCUT2D eigenvalue weighted by atomic mass is 10.1. The molecule has 1 aliphatic rings. The summed E-state index contributed by atoms with van der Waals surface area (Å²) in [6.07, 6.45) is 0. The van der Waals surface area contributed by atoms with Gasteiger partial charge in [-0.25, -0.2) is 4.79 Å². The zero-order valence-electron chi connectivity index (χ0n) is 15.7. The number of carboxylic acids is 1. The van der Waals surface area contributed by atoms with Crippen LogP contribution >= 0.6 is 11.6 Å². The van der Waals surface area contributed by atoms with Crippen molar-refractivity contribution in [2.45, 2.75) is 13.1 Å². The van der Waals surface area contributed by atoms with Gasteiger partial charge in [0.1, 0.15) is 5.69 Å². The summed E-state index contributed by atoms with van der Waals surface area (Å²) >= 11 is 6.07. The van der Waals surface area contributed by atoms with Gasteiger partial charge in [-0.1, -0.05) is 23.7 Å². The van der Waals surface area contributed by atoms with Crippen LogP contribution in [0.15, 0.2) is 48.5 Å². The summed E-state index contributed by atoms with van der Waals surface area (Å²) in [5.41, 5.74) is 3.90. The van der Waals surface area contributed by atoms with E-state index >= 15 is 0 Å². The molecular weight excluding hydrogens is 392 g/mol. The molecule has 2 aromatic carbocycles. The second-order valence-corrected chi connectivity index (χ2v) is 7.25. The number of carbonyl (C=O) groups excluding carboxylic acids is 1. The van der Waals surface area contributed by atoms with Crippen LogP contribution in [0.5, 0.6) is 0 Å². The third kappa shape index (κ3) is 3.69. The summed E-state index contributed by atoms with van der Waals surface area (Å²) in [4.78, 5) is 25.9. The van der Waals surface area contributed by atoms with E-state index in [1.165, 1.54) is 6.07 Å². The summed E-state index contributed by atoms with van der Waals surface area (Å²) in [7, 11) is 1.81. The molecule has 0 atom stereocenters. The van der Waals surface area contributed by atoms with Gasteiger partial charge in [0, 0.05) is 36.4 Å². The van der Waals surface area contributed by atoms with Gasteiger partial charge in [-0.3, -0.25) is 9.48 Å². The first-order chi connectivity index (χ1) is 14.0. The fourth-order valence-corrected chi connectivity index (χ4v) is 3.66. The van der Waals surface area contributed by atoms with Crippen LogP contribution in [0.4, 0.5) is 5.69 Å². The number of carboxylic acid groups (broad SMARTS) is 1. The maximum absolute atomic E-state index is 13.0. The summed E-state index contributed by atoms with van der Waals surface area (Å²) in [5, 5.41) is 17.5. The average Bonchev–Trinajstić information content (AvgIpc) is 3.15. The number of amides is 1. The highest BCUT2D eigenvalue weighted by Gasteiger charge is 2.27. The lowest BCUT2D eigenvalue weighted by Crippen LogP contribution is -2.39. The lowest BCUT2D eigenvalue weighted by Gasteiger charge is -2.27. The van der Waals surface area contributed by atoms with Crippen molar-refractivity contribution in [1.29, 1.82) is 0 Å². The quantitative estimate of drug-likeness (QED) is 0.671. The van der Waals surface area contributed by atoms with Gasteiger partial charge in [-0.05, 0) is 42.0 Å². The second-order valence-electron chi connectivity index (χ2n) is 6.81. The number of aromatic nitrogens is 2. The molecule has 3 aromatic rings. The van der Waals surface area contributed by atoms with Crippen LogP contribution in [0.25, 0.3) is 11.3 Å². The number of anilines is 1. The summed E-state index contributed by atoms with van der Waals surface area (Å²) in [6, 6.07) is 13.9.